The van der Waals surface area contributed by atoms with E-state index in [4.69, 9.17) is 0 Å². The zero-order chi connectivity index (χ0) is 20.0. The molecule has 1 aromatic heterocycles. The Balaban J connectivity index is 1.79. The van der Waals surface area contributed by atoms with Gasteiger partial charge in [-0.3, -0.25) is 9.59 Å². The maximum absolute atomic E-state index is 13.6. The Kier molecular flexibility index (Phi) is 4.53. The molecular weight excluding hydrogens is 355 g/mol. The van der Waals surface area contributed by atoms with E-state index in [1.54, 1.807) is 42.8 Å². The molecule has 1 amide bonds. The summed E-state index contributed by atoms with van der Waals surface area (Å²) in [6.45, 7) is 4.21. The van der Waals surface area contributed by atoms with Gasteiger partial charge in [0.25, 0.3) is 11.5 Å². The average Bonchev–Trinajstić information content (AvgIpc) is 3.53. The second kappa shape index (κ2) is 6.89. The first kappa shape index (κ1) is 18.4. The fourth-order valence-electron chi connectivity index (χ4n) is 3.75. The van der Waals surface area contributed by atoms with Crippen LogP contribution < -0.4 is 10.5 Å². The maximum atomic E-state index is 13.6. The van der Waals surface area contributed by atoms with E-state index in [1.807, 2.05) is 19.1 Å². The van der Waals surface area contributed by atoms with Crippen molar-refractivity contribution in [2.24, 2.45) is 0 Å². The minimum absolute atomic E-state index is 0.00915. The molecule has 1 aliphatic carbocycles. The van der Waals surface area contributed by atoms with Crippen LogP contribution in [0, 0.1) is 12.7 Å². The van der Waals surface area contributed by atoms with E-state index in [1.165, 1.54) is 11.0 Å². The number of rotatable bonds is 4. The van der Waals surface area contributed by atoms with Gasteiger partial charge in [0.15, 0.2) is 0 Å². The van der Waals surface area contributed by atoms with Crippen LogP contribution >= 0.6 is 0 Å². The lowest BCUT2D eigenvalue weighted by atomic mass is 10.0. The normalized spacial score (nSPS) is 13.7. The van der Waals surface area contributed by atoms with Crippen LogP contribution in [0.25, 0.3) is 10.9 Å². The number of aryl methyl sites for hydroxylation is 2. The van der Waals surface area contributed by atoms with Crippen molar-refractivity contribution in [2.75, 3.05) is 11.9 Å². The lowest BCUT2D eigenvalue weighted by Gasteiger charge is -2.19. The minimum atomic E-state index is -0.290. The van der Waals surface area contributed by atoms with E-state index < -0.39 is 0 Å². The van der Waals surface area contributed by atoms with Gasteiger partial charge in [-0.25, -0.2) is 4.39 Å². The van der Waals surface area contributed by atoms with Crippen LogP contribution in [-0.4, -0.2) is 17.5 Å². The third-order valence-corrected chi connectivity index (χ3v) is 5.56. The van der Waals surface area contributed by atoms with Crippen LogP contribution in [-0.2, 0) is 6.54 Å². The minimum Gasteiger partial charge on any atom is -0.311 e. The van der Waals surface area contributed by atoms with Gasteiger partial charge in [-0.1, -0.05) is 0 Å². The summed E-state index contributed by atoms with van der Waals surface area (Å²) in [5.74, 6) is -0.0460. The molecule has 0 aliphatic heterocycles. The maximum Gasteiger partial charge on any atom is 0.258 e. The summed E-state index contributed by atoms with van der Waals surface area (Å²) < 4.78 is 15.3. The van der Waals surface area contributed by atoms with Gasteiger partial charge < -0.3 is 9.47 Å². The van der Waals surface area contributed by atoms with E-state index in [-0.39, 0.29) is 17.3 Å². The third-order valence-electron chi connectivity index (χ3n) is 5.56. The summed E-state index contributed by atoms with van der Waals surface area (Å²) >= 11 is 0. The number of carbonyl (C=O) groups is 1. The molecule has 0 spiro atoms. The van der Waals surface area contributed by atoms with Gasteiger partial charge in [-0.2, -0.15) is 0 Å². The van der Waals surface area contributed by atoms with Crippen LogP contribution in [0.5, 0.6) is 0 Å². The van der Waals surface area contributed by atoms with E-state index in [0.29, 0.717) is 29.3 Å². The fraction of sp³-hybridized carbons (Fsp3) is 0.304. The topological polar surface area (TPSA) is 42.3 Å². The Bertz CT molecular complexity index is 1150. The zero-order valence-electron chi connectivity index (χ0n) is 16.3. The molecule has 1 heterocycles. The summed E-state index contributed by atoms with van der Waals surface area (Å²) in [6, 6.07) is 11.9. The van der Waals surface area contributed by atoms with Gasteiger partial charge in [0.2, 0.25) is 0 Å². The molecule has 5 heteroatoms. The molecule has 0 radical (unpaired) electrons. The fourth-order valence-corrected chi connectivity index (χ4v) is 3.75. The molecule has 144 valence electrons. The number of halogens is 1. The second-order valence-corrected chi connectivity index (χ2v) is 7.49. The Hall–Kier alpha value is -2.95. The molecule has 0 bridgehead atoms. The predicted molar refractivity (Wildman–Crippen MR) is 110 cm³/mol. The van der Waals surface area contributed by atoms with Crippen molar-refractivity contribution in [1.29, 1.82) is 0 Å². The largest absolute Gasteiger partial charge is 0.311 e. The Morgan fingerprint density at radius 3 is 2.57 bits per heavy atom. The number of benzene rings is 2. The molecule has 0 unspecified atom stereocenters. The second-order valence-electron chi connectivity index (χ2n) is 7.49. The van der Waals surface area contributed by atoms with E-state index in [9.17, 15) is 14.0 Å². The predicted octanol–water partition coefficient (Wildman–Crippen LogP) is 4.62. The number of carbonyl (C=O) groups excluding carboxylic acids is 1. The molecule has 1 saturated carbocycles. The van der Waals surface area contributed by atoms with E-state index in [0.717, 1.165) is 29.3 Å². The summed E-state index contributed by atoms with van der Waals surface area (Å²) in [4.78, 5) is 27.0. The van der Waals surface area contributed by atoms with Gasteiger partial charge in [0.1, 0.15) is 5.82 Å². The molecule has 1 fully saturated rings. The summed E-state index contributed by atoms with van der Waals surface area (Å²) in [5.41, 5.74) is 3.62. The molecular formula is C23H23FN2O2. The molecule has 2 aromatic carbocycles. The van der Waals surface area contributed by atoms with Crippen molar-refractivity contribution in [3.05, 3.63) is 75.3 Å². The Labute approximate surface area is 163 Å². The van der Waals surface area contributed by atoms with Gasteiger partial charge in [0, 0.05) is 36.3 Å². The van der Waals surface area contributed by atoms with Crippen LogP contribution in [0.15, 0.2) is 47.3 Å². The smallest absolute Gasteiger partial charge is 0.258 e. The standard InChI is InChI=1S/C23H23FN2O2/c1-4-26-21-10-7-16(12-19(21)18(13-22(26)27)15-5-6-15)23(28)25(3)17-8-9-20(24)14(2)11-17/h7-13,15H,4-6H2,1-3H3. The van der Waals surface area contributed by atoms with Gasteiger partial charge >= 0.3 is 0 Å². The molecule has 4 rings (SSSR count). The average molecular weight is 378 g/mol. The number of fused-ring (bicyclic) bond motifs is 1. The molecule has 0 atom stereocenters. The highest BCUT2D eigenvalue weighted by atomic mass is 19.1. The number of hydrogen-bond donors (Lipinski definition) is 0. The van der Waals surface area contributed by atoms with Crippen molar-refractivity contribution in [3.8, 4) is 0 Å². The zero-order valence-corrected chi connectivity index (χ0v) is 16.3. The van der Waals surface area contributed by atoms with Crippen LogP contribution in [0.3, 0.4) is 0 Å². The van der Waals surface area contributed by atoms with E-state index >= 15 is 0 Å². The van der Waals surface area contributed by atoms with Crippen molar-refractivity contribution in [1.82, 2.24) is 4.57 Å². The number of pyridine rings is 1. The molecule has 1 aliphatic rings. The number of amides is 1. The van der Waals surface area contributed by atoms with Gasteiger partial charge in [-0.15, -0.1) is 0 Å². The van der Waals surface area contributed by atoms with Crippen LogP contribution in [0.1, 0.15) is 47.2 Å². The van der Waals surface area contributed by atoms with E-state index in [2.05, 4.69) is 0 Å². The monoisotopic (exact) mass is 378 g/mol. The van der Waals surface area contributed by atoms with Crippen molar-refractivity contribution in [3.63, 3.8) is 0 Å². The first-order valence-electron chi connectivity index (χ1n) is 9.62. The number of aromatic nitrogens is 1. The lowest BCUT2D eigenvalue weighted by Crippen LogP contribution is -2.26. The Morgan fingerprint density at radius 2 is 1.93 bits per heavy atom. The highest BCUT2D eigenvalue weighted by molar-refractivity contribution is 6.07. The van der Waals surface area contributed by atoms with Crippen LogP contribution in [0.2, 0.25) is 0 Å². The summed E-state index contributed by atoms with van der Waals surface area (Å²) in [5, 5.41) is 0.971. The number of hydrogen-bond acceptors (Lipinski definition) is 2. The SMILES string of the molecule is CCn1c(=O)cc(C2CC2)c2cc(C(=O)N(C)c3ccc(F)c(C)c3)ccc21. The third kappa shape index (κ3) is 3.11. The molecule has 3 aromatic rings. The highest BCUT2D eigenvalue weighted by Gasteiger charge is 2.27. The summed E-state index contributed by atoms with van der Waals surface area (Å²) in [7, 11) is 1.69. The molecule has 0 saturated heterocycles. The van der Waals surface area contributed by atoms with Crippen molar-refractivity contribution < 1.29 is 9.18 Å². The first-order chi connectivity index (χ1) is 13.4. The molecule has 28 heavy (non-hydrogen) atoms. The Morgan fingerprint density at radius 1 is 1.18 bits per heavy atom. The molecule has 0 N–H and O–H groups in total. The van der Waals surface area contributed by atoms with Crippen LogP contribution in [0.4, 0.5) is 10.1 Å². The van der Waals surface area contributed by atoms with Crippen molar-refractivity contribution >= 4 is 22.5 Å². The summed E-state index contributed by atoms with van der Waals surface area (Å²) in [6.07, 6.45) is 2.16. The lowest BCUT2D eigenvalue weighted by molar-refractivity contribution is 0.0993. The number of nitrogens with zero attached hydrogens (tertiary/aromatic N) is 2. The quantitative estimate of drug-likeness (QED) is 0.665. The molecule has 4 nitrogen and oxygen atoms in total. The first-order valence-corrected chi connectivity index (χ1v) is 9.62. The highest BCUT2D eigenvalue weighted by Crippen LogP contribution is 2.42. The van der Waals surface area contributed by atoms with Gasteiger partial charge in [-0.05, 0) is 80.1 Å². The van der Waals surface area contributed by atoms with Crippen molar-refractivity contribution in [2.45, 2.75) is 39.2 Å². The number of anilines is 1. The van der Waals surface area contributed by atoms with Gasteiger partial charge in [0.05, 0.1) is 5.52 Å².